The van der Waals surface area contributed by atoms with Crippen LogP contribution in [0.25, 0.3) is 0 Å². The number of amides is 2. The van der Waals surface area contributed by atoms with E-state index in [-0.39, 0.29) is 18.4 Å². The third-order valence-corrected chi connectivity index (χ3v) is 4.57. The Morgan fingerprint density at radius 1 is 1.10 bits per heavy atom. The van der Waals surface area contributed by atoms with Gasteiger partial charge in [0.1, 0.15) is 0 Å². The molecule has 2 amide bonds. The van der Waals surface area contributed by atoms with E-state index in [2.05, 4.69) is 5.32 Å². The molecule has 20 heavy (non-hydrogen) atoms. The van der Waals surface area contributed by atoms with Crippen LogP contribution in [0.15, 0.2) is 0 Å². The molecule has 2 aliphatic rings. The van der Waals surface area contributed by atoms with Gasteiger partial charge in [0, 0.05) is 25.6 Å². The lowest BCUT2D eigenvalue weighted by Crippen LogP contribution is -2.38. The van der Waals surface area contributed by atoms with E-state index in [9.17, 15) is 9.59 Å². The van der Waals surface area contributed by atoms with Crippen molar-refractivity contribution in [2.45, 2.75) is 57.4 Å². The van der Waals surface area contributed by atoms with E-state index < -0.39 is 0 Å². The molecule has 1 aliphatic heterocycles. The molecular formula is C15H27N3O2. The summed E-state index contributed by atoms with van der Waals surface area (Å²) in [6.45, 7) is 1.85. The second-order valence-electron chi connectivity index (χ2n) is 6.18. The van der Waals surface area contributed by atoms with Crippen molar-refractivity contribution >= 4 is 11.8 Å². The molecule has 1 heterocycles. The third kappa shape index (κ3) is 4.78. The van der Waals surface area contributed by atoms with E-state index in [0.717, 1.165) is 58.0 Å². The summed E-state index contributed by atoms with van der Waals surface area (Å²) >= 11 is 0. The summed E-state index contributed by atoms with van der Waals surface area (Å²) < 4.78 is 0. The SMILES string of the molecule is NC1CCC(CCC(=O)NCC(=O)N2CCCC2)CC1. The maximum absolute atomic E-state index is 11.8. The number of rotatable bonds is 5. The molecule has 1 saturated heterocycles. The molecule has 0 aromatic carbocycles. The average Bonchev–Trinajstić information content (AvgIpc) is 2.98. The van der Waals surface area contributed by atoms with Gasteiger partial charge in [0.15, 0.2) is 0 Å². The molecule has 0 radical (unpaired) electrons. The van der Waals surface area contributed by atoms with Crippen molar-refractivity contribution in [3.05, 3.63) is 0 Å². The summed E-state index contributed by atoms with van der Waals surface area (Å²) in [6, 6.07) is 0.359. The van der Waals surface area contributed by atoms with Crippen LogP contribution in [0.5, 0.6) is 0 Å². The Balaban J connectivity index is 1.57. The van der Waals surface area contributed by atoms with Crippen molar-refractivity contribution in [2.24, 2.45) is 11.7 Å². The van der Waals surface area contributed by atoms with Crippen LogP contribution in [0, 0.1) is 5.92 Å². The Kier molecular flexibility index (Phi) is 5.83. The van der Waals surface area contributed by atoms with E-state index >= 15 is 0 Å². The predicted octanol–water partition coefficient (Wildman–Crippen LogP) is 1.02. The highest BCUT2D eigenvalue weighted by Crippen LogP contribution is 2.26. The predicted molar refractivity (Wildman–Crippen MR) is 78.0 cm³/mol. The third-order valence-electron chi connectivity index (χ3n) is 4.57. The molecule has 5 heteroatoms. The Morgan fingerprint density at radius 3 is 2.40 bits per heavy atom. The van der Waals surface area contributed by atoms with Gasteiger partial charge in [0.05, 0.1) is 6.54 Å². The fourth-order valence-electron chi connectivity index (χ4n) is 3.15. The fourth-order valence-corrected chi connectivity index (χ4v) is 3.15. The van der Waals surface area contributed by atoms with Gasteiger partial charge in [0.2, 0.25) is 11.8 Å². The highest BCUT2D eigenvalue weighted by Gasteiger charge is 2.20. The second kappa shape index (κ2) is 7.62. The number of likely N-dealkylation sites (tertiary alicyclic amines) is 1. The van der Waals surface area contributed by atoms with Gasteiger partial charge in [-0.1, -0.05) is 0 Å². The van der Waals surface area contributed by atoms with Crippen LogP contribution < -0.4 is 11.1 Å². The zero-order chi connectivity index (χ0) is 14.4. The number of nitrogens with two attached hydrogens (primary N) is 1. The van der Waals surface area contributed by atoms with Gasteiger partial charge in [-0.2, -0.15) is 0 Å². The summed E-state index contributed by atoms with van der Waals surface area (Å²) in [6.07, 6.45) is 8.08. The molecule has 1 aliphatic carbocycles. The summed E-state index contributed by atoms with van der Waals surface area (Å²) in [5.74, 6) is 0.696. The molecule has 2 rings (SSSR count). The smallest absolute Gasteiger partial charge is 0.241 e. The number of nitrogens with zero attached hydrogens (tertiary/aromatic N) is 1. The quantitative estimate of drug-likeness (QED) is 0.790. The lowest BCUT2D eigenvalue weighted by Gasteiger charge is -2.25. The van der Waals surface area contributed by atoms with E-state index in [1.54, 1.807) is 0 Å². The molecule has 114 valence electrons. The standard InChI is InChI=1S/C15H27N3O2/c16-13-6-3-12(4-7-13)5-8-14(19)17-11-15(20)18-9-1-2-10-18/h12-13H,1-11,16H2,(H,17,19). The van der Waals surface area contributed by atoms with E-state index in [0.29, 0.717) is 18.4 Å². The minimum atomic E-state index is 0.00687. The van der Waals surface area contributed by atoms with E-state index in [1.165, 1.54) is 0 Å². The topological polar surface area (TPSA) is 75.4 Å². The molecule has 0 unspecified atom stereocenters. The van der Waals surface area contributed by atoms with Gasteiger partial charge in [-0.25, -0.2) is 0 Å². The van der Waals surface area contributed by atoms with Gasteiger partial charge in [-0.3, -0.25) is 9.59 Å². The zero-order valence-electron chi connectivity index (χ0n) is 12.3. The van der Waals surface area contributed by atoms with Gasteiger partial charge < -0.3 is 16.0 Å². The lowest BCUT2D eigenvalue weighted by molar-refractivity contribution is -0.132. The Hall–Kier alpha value is -1.10. The number of hydrogen-bond donors (Lipinski definition) is 2. The van der Waals surface area contributed by atoms with Crippen LogP contribution >= 0.6 is 0 Å². The Morgan fingerprint density at radius 2 is 1.75 bits per heavy atom. The van der Waals surface area contributed by atoms with Gasteiger partial charge in [-0.05, 0) is 50.9 Å². The van der Waals surface area contributed by atoms with Gasteiger partial charge >= 0.3 is 0 Å². The van der Waals surface area contributed by atoms with Crippen molar-refractivity contribution < 1.29 is 9.59 Å². The first-order valence-electron chi connectivity index (χ1n) is 7.95. The normalized spacial score (nSPS) is 26.6. The molecule has 0 spiro atoms. The minimum absolute atomic E-state index is 0.00687. The summed E-state index contributed by atoms with van der Waals surface area (Å²) in [5, 5.41) is 2.75. The number of carbonyl (C=O) groups excluding carboxylic acids is 2. The first-order valence-corrected chi connectivity index (χ1v) is 7.95. The molecule has 0 atom stereocenters. The molecule has 5 nitrogen and oxygen atoms in total. The molecule has 1 saturated carbocycles. The zero-order valence-corrected chi connectivity index (χ0v) is 12.3. The van der Waals surface area contributed by atoms with Crippen molar-refractivity contribution in [2.75, 3.05) is 19.6 Å². The van der Waals surface area contributed by atoms with Crippen LogP contribution in [0.4, 0.5) is 0 Å². The summed E-state index contributed by atoms with van der Waals surface area (Å²) in [5.41, 5.74) is 5.87. The maximum atomic E-state index is 11.8. The van der Waals surface area contributed by atoms with Crippen LogP contribution in [0.2, 0.25) is 0 Å². The van der Waals surface area contributed by atoms with Gasteiger partial charge in [0.25, 0.3) is 0 Å². The van der Waals surface area contributed by atoms with Crippen LogP contribution in [0.3, 0.4) is 0 Å². The fraction of sp³-hybridized carbons (Fsp3) is 0.867. The Labute approximate surface area is 121 Å². The molecule has 3 N–H and O–H groups in total. The maximum Gasteiger partial charge on any atom is 0.241 e. The largest absolute Gasteiger partial charge is 0.347 e. The van der Waals surface area contributed by atoms with E-state index in [4.69, 9.17) is 5.73 Å². The monoisotopic (exact) mass is 281 g/mol. The molecule has 0 aromatic heterocycles. The van der Waals surface area contributed by atoms with Crippen molar-refractivity contribution in [1.29, 1.82) is 0 Å². The van der Waals surface area contributed by atoms with Crippen LogP contribution in [-0.4, -0.2) is 42.4 Å². The molecule has 0 bridgehead atoms. The Bertz CT molecular complexity index is 332. The summed E-state index contributed by atoms with van der Waals surface area (Å²) in [4.78, 5) is 25.4. The number of nitrogens with one attached hydrogen (secondary N) is 1. The second-order valence-corrected chi connectivity index (χ2v) is 6.18. The van der Waals surface area contributed by atoms with Crippen molar-refractivity contribution in [1.82, 2.24) is 10.2 Å². The number of hydrogen-bond acceptors (Lipinski definition) is 3. The summed E-state index contributed by atoms with van der Waals surface area (Å²) in [7, 11) is 0. The highest BCUT2D eigenvalue weighted by atomic mass is 16.2. The van der Waals surface area contributed by atoms with Crippen molar-refractivity contribution in [3.63, 3.8) is 0 Å². The van der Waals surface area contributed by atoms with E-state index in [1.807, 2.05) is 4.90 Å². The first-order chi connectivity index (χ1) is 9.65. The van der Waals surface area contributed by atoms with Crippen molar-refractivity contribution in [3.8, 4) is 0 Å². The molecule has 2 fully saturated rings. The van der Waals surface area contributed by atoms with Crippen LogP contribution in [0.1, 0.15) is 51.4 Å². The lowest BCUT2D eigenvalue weighted by atomic mass is 9.84. The van der Waals surface area contributed by atoms with Gasteiger partial charge in [-0.15, -0.1) is 0 Å². The van der Waals surface area contributed by atoms with Crippen LogP contribution in [-0.2, 0) is 9.59 Å². The number of carbonyl (C=O) groups is 2. The first kappa shape index (κ1) is 15.3. The molecule has 0 aromatic rings. The minimum Gasteiger partial charge on any atom is -0.347 e. The average molecular weight is 281 g/mol. The molecular weight excluding hydrogens is 254 g/mol. The highest BCUT2D eigenvalue weighted by molar-refractivity contribution is 5.84.